The Kier molecular flexibility index (Phi) is 10.6. The van der Waals surface area contributed by atoms with E-state index in [-0.39, 0.29) is 26.4 Å². The predicted octanol–water partition coefficient (Wildman–Crippen LogP) is 3.93. The summed E-state index contributed by atoms with van der Waals surface area (Å²) in [5.74, 6) is -0.246. The standard InChI is InChI=1S/C28H28O8S/c1-3-26(31)34-16-19(29)15-33-24-14-25(37-21-10-6-5-7-11-21)28(23-13-9-8-12-22(23)24)36-18-20(30)17-35-27(32)4-2/h3-14,19-20,29-30H,1-2,15-18H2. The van der Waals surface area contributed by atoms with Crippen molar-refractivity contribution in [3.05, 3.63) is 86.0 Å². The number of carbonyl (C=O) groups is 2. The van der Waals surface area contributed by atoms with Crippen LogP contribution in [0.3, 0.4) is 0 Å². The predicted molar refractivity (Wildman–Crippen MR) is 140 cm³/mol. The first-order valence-corrected chi connectivity index (χ1v) is 12.2. The lowest BCUT2D eigenvalue weighted by molar-refractivity contribution is -0.142. The Morgan fingerprint density at radius 1 is 0.784 bits per heavy atom. The number of hydrogen-bond acceptors (Lipinski definition) is 9. The molecule has 0 amide bonds. The number of rotatable bonds is 14. The molecule has 2 N–H and O–H groups in total. The van der Waals surface area contributed by atoms with E-state index in [9.17, 15) is 19.8 Å². The number of esters is 2. The summed E-state index contributed by atoms with van der Waals surface area (Å²) in [7, 11) is 0. The first-order chi connectivity index (χ1) is 17.9. The molecule has 0 spiro atoms. The van der Waals surface area contributed by atoms with Gasteiger partial charge in [0.25, 0.3) is 0 Å². The minimum atomic E-state index is -1.05. The van der Waals surface area contributed by atoms with Crippen LogP contribution in [0.4, 0.5) is 0 Å². The maximum atomic E-state index is 11.3. The number of fused-ring (bicyclic) bond motifs is 1. The van der Waals surface area contributed by atoms with Gasteiger partial charge in [-0.15, -0.1) is 0 Å². The van der Waals surface area contributed by atoms with Crippen LogP contribution in [0.25, 0.3) is 10.8 Å². The van der Waals surface area contributed by atoms with Crippen LogP contribution in [0.2, 0.25) is 0 Å². The van der Waals surface area contributed by atoms with Gasteiger partial charge in [0, 0.05) is 27.8 Å². The lowest BCUT2D eigenvalue weighted by atomic mass is 10.1. The lowest BCUT2D eigenvalue weighted by Gasteiger charge is -2.20. The Morgan fingerprint density at radius 2 is 1.32 bits per heavy atom. The normalized spacial score (nSPS) is 12.3. The van der Waals surface area contributed by atoms with E-state index in [1.807, 2.05) is 54.6 Å². The molecule has 9 heteroatoms. The molecule has 0 fully saturated rings. The molecule has 0 aliphatic carbocycles. The van der Waals surface area contributed by atoms with Gasteiger partial charge in [-0.2, -0.15) is 0 Å². The van der Waals surface area contributed by atoms with Gasteiger partial charge in [0.1, 0.15) is 50.1 Å². The fourth-order valence-corrected chi connectivity index (χ4v) is 4.16. The van der Waals surface area contributed by atoms with Crippen molar-refractivity contribution in [2.45, 2.75) is 22.0 Å². The minimum absolute atomic E-state index is 0.114. The SMILES string of the molecule is C=CC(=O)OCC(O)COc1cc(Sc2ccccc2)c(OCC(O)COC(=O)C=C)c2ccccc12. The molecule has 0 heterocycles. The number of aliphatic hydroxyl groups excluding tert-OH is 2. The van der Waals surface area contributed by atoms with Gasteiger partial charge in [-0.1, -0.05) is 67.4 Å². The smallest absolute Gasteiger partial charge is 0.330 e. The summed E-state index contributed by atoms with van der Waals surface area (Å²) in [6.45, 7) is 5.95. The van der Waals surface area contributed by atoms with Gasteiger partial charge in [-0.25, -0.2) is 9.59 Å². The number of aliphatic hydroxyl groups is 2. The fraction of sp³-hybridized carbons (Fsp3) is 0.214. The van der Waals surface area contributed by atoms with Gasteiger partial charge in [-0.3, -0.25) is 0 Å². The molecule has 0 radical (unpaired) electrons. The van der Waals surface area contributed by atoms with Crippen LogP contribution in [0, 0.1) is 0 Å². The molecular formula is C28H28O8S. The molecule has 0 saturated heterocycles. The quantitative estimate of drug-likeness (QED) is 0.239. The molecular weight excluding hydrogens is 496 g/mol. The molecule has 2 unspecified atom stereocenters. The van der Waals surface area contributed by atoms with Crippen molar-refractivity contribution >= 4 is 34.5 Å². The Labute approximate surface area is 219 Å². The number of ether oxygens (including phenoxy) is 4. The molecule has 3 aromatic carbocycles. The number of hydrogen-bond donors (Lipinski definition) is 2. The van der Waals surface area contributed by atoms with Crippen LogP contribution in [-0.2, 0) is 19.1 Å². The zero-order chi connectivity index (χ0) is 26.6. The Balaban J connectivity index is 1.88. The van der Waals surface area contributed by atoms with E-state index in [0.29, 0.717) is 16.4 Å². The van der Waals surface area contributed by atoms with Crippen LogP contribution >= 0.6 is 11.8 Å². The summed E-state index contributed by atoms with van der Waals surface area (Å²) in [5.41, 5.74) is 0. The summed E-state index contributed by atoms with van der Waals surface area (Å²) < 4.78 is 21.8. The van der Waals surface area contributed by atoms with E-state index < -0.39 is 24.1 Å². The number of benzene rings is 3. The molecule has 37 heavy (non-hydrogen) atoms. The summed E-state index contributed by atoms with van der Waals surface area (Å²) in [4.78, 5) is 24.2. The molecule has 3 rings (SSSR count). The molecule has 0 aliphatic heterocycles. The first-order valence-electron chi connectivity index (χ1n) is 11.4. The Morgan fingerprint density at radius 3 is 1.92 bits per heavy atom. The zero-order valence-corrected chi connectivity index (χ0v) is 20.9. The maximum Gasteiger partial charge on any atom is 0.330 e. The van der Waals surface area contributed by atoms with Gasteiger partial charge in [0.05, 0.1) is 4.90 Å². The lowest BCUT2D eigenvalue weighted by Crippen LogP contribution is -2.25. The molecule has 0 aromatic heterocycles. The van der Waals surface area contributed by atoms with E-state index in [4.69, 9.17) is 18.9 Å². The average molecular weight is 525 g/mol. The van der Waals surface area contributed by atoms with Crippen molar-refractivity contribution in [1.82, 2.24) is 0 Å². The summed E-state index contributed by atoms with van der Waals surface area (Å²) in [6, 6.07) is 18.8. The van der Waals surface area contributed by atoms with Crippen molar-refractivity contribution in [2.24, 2.45) is 0 Å². The van der Waals surface area contributed by atoms with Gasteiger partial charge in [-0.05, 0) is 18.2 Å². The van der Waals surface area contributed by atoms with Gasteiger partial charge in [0.2, 0.25) is 0 Å². The average Bonchev–Trinajstić information content (AvgIpc) is 2.93. The largest absolute Gasteiger partial charge is 0.490 e. The fourth-order valence-electron chi connectivity index (χ4n) is 3.19. The van der Waals surface area contributed by atoms with E-state index in [1.165, 1.54) is 11.8 Å². The van der Waals surface area contributed by atoms with Crippen molar-refractivity contribution in [1.29, 1.82) is 0 Å². The van der Waals surface area contributed by atoms with Crippen molar-refractivity contribution < 1.29 is 38.7 Å². The summed E-state index contributed by atoms with van der Waals surface area (Å²) >= 11 is 1.44. The van der Waals surface area contributed by atoms with Gasteiger partial charge >= 0.3 is 11.9 Å². The zero-order valence-electron chi connectivity index (χ0n) is 20.1. The highest BCUT2D eigenvalue weighted by molar-refractivity contribution is 7.99. The van der Waals surface area contributed by atoms with E-state index in [0.717, 1.165) is 27.8 Å². The van der Waals surface area contributed by atoms with Crippen LogP contribution in [-0.4, -0.2) is 60.8 Å². The van der Waals surface area contributed by atoms with Crippen LogP contribution in [0.5, 0.6) is 11.5 Å². The van der Waals surface area contributed by atoms with E-state index >= 15 is 0 Å². The molecule has 0 saturated carbocycles. The third-order valence-corrected chi connectivity index (χ3v) is 5.95. The third kappa shape index (κ3) is 8.38. The van der Waals surface area contributed by atoms with Crippen molar-refractivity contribution in [3.63, 3.8) is 0 Å². The maximum absolute atomic E-state index is 11.3. The summed E-state index contributed by atoms with van der Waals surface area (Å²) in [5, 5.41) is 21.9. The van der Waals surface area contributed by atoms with Crippen LogP contribution in [0.15, 0.2) is 95.8 Å². The molecule has 2 atom stereocenters. The summed E-state index contributed by atoms with van der Waals surface area (Å²) in [6.07, 6.45) is -0.0546. The van der Waals surface area contributed by atoms with Gasteiger partial charge < -0.3 is 29.2 Å². The monoisotopic (exact) mass is 524 g/mol. The molecule has 8 nitrogen and oxygen atoms in total. The molecule has 0 aliphatic rings. The molecule has 3 aromatic rings. The third-order valence-electron chi connectivity index (χ3n) is 4.91. The Bertz CT molecular complexity index is 1230. The van der Waals surface area contributed by atoms with Gasteiger partial charge in [0.15, 0.2) is 0 Å². The topological polar surface area (TPSA) is 112 Å². The first kappa shape index (κ1) is 27.8. The van der Waals surface area contributed by atoms with Crippen molar-refractivity contribution in [2.75, 3.05) is 26.4 Å². The highest BCUT2D eigenvalue weighted by atomic mass is 32.2. The highest BCUT2D eigenvalue weighted by Crippen LogP contribution is 2.44. The van der Waals surface area contributed by atoms with Crippen LogP contribution in [0.1, 0.15) is 0 Å². The molecule has 194 valence electrons. The second kappa shape index (κ2) is 14.1. The van der Waals surface area contributed by atoms with Crippen molar-refractivity contribution in [3.8, 4) is 11.5 Å². The second-order valence-electron chi connectivity index (χ2n) is 7.76. The van der Waals surface area contributed by atoms with E-state index in [1.54, 1.807) is 6.07 Å². The Hall–Kier alpha value is -3.79. The van der Waals surface area contributed by atoms with Crippen LogP contribution < -0.4 is 9.47 Å². The highest BCUT2D eigenvalue weighted by Gasteiger charge is 2.19. The van der Waals surface area contributed by atoms with E-state index in [2.05, 4.69) is 13.2 Å². The minimum Gasteiger partial charge on any atom is -0.490 e. The number of carbonyl (C=O) groups excluding carboxylic acids is 2. The molecule has 0 bridgehead atoms. The second-order valence-corrected chi connectivity index (χ2v) is 8.88.